The van der Waals surface area contributed by atoms with Crippen LogP contribution in [0.5, 0.6) is 0 Å². The third kappa shape index (κ3) is 1.68. The Bertz CT molecular complexity index is 645. The molecule has 1 N–H and O–H groups in total. The molecule has 0 spiro atoms. The Balaban J connectivity index is 2.19. The summed E-state index contributed by atoms with van der Waals surface area (Å²) in [5.41, 5.74) is 2.19. The highest BCUT2D eigenvalue weighted by molar-refractivity contribution is 5.87. The maximum Gasteiger partial charge on any atom is 0.314 e. The van der Waals surface area contributed by atoms with E-state index in [-0.39, 0.29) is 0 Å². The number of benzene rings is 1. The van der Waals surface area contributed by atoms with Gasteiger partial charge >= 0.3 is 5.97 Å². The minimum Gasteiger partial charge on any atom is -0.481 e. The normalized spacial score (nSPS) is 18.0. The van der Waals surface area contributed by atoms with Crippen molar-refractivity contribution in [3.05, 3.63) is 35.1 Å². The van der Waals surface area contributed by atoms with E-state index in [1.807, 2.05) is 32.0 Å². The molecule has 0 radical (unpaired) electrons. The van der Waals surface area contributed by atoms with Gasteiger partial charge in [0.05, 0.1) is 5.41 Å². The largest absolute Gasteiger partial charge is 0.481 e. The number of carboxylic acids is 1. The van der Waals surface area contributed by atoms with E-state index in [0.29, 0.717) is 0 Å². The predicted octanol–water partition coefficient (Wildman–Crippen LogP) is 3.95. The highest BCUT2D eigenvalue weighted by Crippen LogP contribution is 2.42. The van der Waals surface area contributed by atoms with Gasteiger partial charge in [-0.25, -0.2) is 0 Å². The monoisotopic (exact) mass is 258 g/mol. The SMILES string of the molecule is Cc1oc2ccc(C3(C(=O)O)CCCC3)cc2c1C. The number of furan rings is 1. The zero-order chi connectivity index (χ0) is 13.6. The molecule has 2 aromatic rings. The highest BCUT2D eigenvalue weighted by Gasteiger charge is 2.43. The van der Waals surface area contributed by atoms with Crippen LogP contribution in [-0.2, 0) is 10.2 Å². The molecule has 1 aliphatic rings. The number of aliphatic carboxylic acids is 1. The molecular weight excluding hydrogens is 240 g/mol. The van der Waals surface area contributed by atoms with Crippen LogP contribution in [0.15, 0.2) is 22.6 Å². The van der Waals surface area contributed by atoms with E-state index in [1.165, 1.54) is 0 Å². The maximum atomic E-state index is 11.7. The third-order valence-electron chi connectivity index (χ3n) is 4.59. The molecule has 19 heavy (non-hydrogen) atoms. The predicted molar refractivity (Wildman–Crippen MR) is 73.5 cm³/mol. The number of rotatable bonds is 2. The van der Waals surface area contributed by atoms with Crippen molar-refractivity contribution in [1.29, 1.82) is 0 Å². The summed E-state index contributed by atoms with van der Waals surface area (Å²) in [6.07, 6.45) is 3.47. The lowest BCUT2D eigenvalue weighted by Crippen LogP contribution is -2.32. The Hall–Kier alpha value is -1.77. The van der Waals surface area contributed by atoms with Crippen molar-refractivity contribution < 1.29 is 14.3 Å². The van der Waals surface area contributed by atoms with Crippen LogP contribution in [0.3, 0.4) is 0 Å². The summed E-state index contributed by atoms with van der Waals surface area (Å²) in [4.78, 5) is 11.7. The lowest BCUT2D eigenvalue weighted by molar-refractivity contribution is -0.143. The molecule has 1 aromatic heterocycles. The zero-order valence-corrected chi connectivity index (χ0v) is 11.3. The third-order valence-corrected chi connectivity index (χ3v) is 4.59. The van der Waals surface area contributed by atoms with Gasteiger partial charge in [0.2, 0.25) is 0 Å². The van der Waals surface area contributed by atoms with Gasteiger partial charge in [0.1, 0.15) is 11.3 Å². The summed E-state index contributed by atoms with van der Waals surface area (Å²) in [7, 11) is 0. The van der Waals surface area contributed by atoms with Crippen molar-refractivity contribution in [1.82, 2.24) is 0 Å². The van der Waals surface area contributed by atoms with Crippen molar-refractivity contribution in [3.63, 3.8) is 0 Å². The fraction of sp³-hybridized carbons (Fsp3) is 0.438. The summed E-state index contributed by atoms with van der Waals surface area (Å²) in [5.74, 6) is 0.213. The van der Waals surface area contributed by atoms with Gasteiger partial charge in [0, 0.05) is 5.39 Å². The molecule has 3 rings (SSSR count). The molecule has 0 bridgehead atoms. The van der Waals surface area contributed by atoms with E-state index in [2.05, 4.69) is 0 Å². The first-order chi connectivity index (χ1) is 9.04. The lowest BCUT2D eigenvalue weighted by Gasteiger charge is -2.24. The Morgan fingerprint density at radius 1 is 1.26 bits per heavy atom. The van der Waals surface area contributed by atoms with Crippen LogP contribution >= 0.6 is 0 Å². The minimum atomic E-state index is -0.692. The van der Waals surface area contributed by atoms with Crippen LogP contribution in [0.25, 0.3) is 11.0 Å². The molecule has 0 unspecified atom stereocenters. The summed E-state index contributed by atoms with van der Waals surface area (Å²) in [6, 6.07) is 5.85. The van der Waals surface area contributed by atoms with Gasteiger partial charge in [-0.2, -0.15) is 0 Å². The summed E-state index contributed by atoms with van der Waals surface area (Å²) in [6.45, 7) is 3.96. The van der Waals surface area contributed by atoms with Gasteiger partial charge < -0.3 is 9.52 Å². The average Bonchev–Trinajstić information content (AvgIpc) is 2.97. The molecule has 1 aromatic carbocycles. The molecule has 1 aliphatic carbocycles. The number of aryl methyl sites for hydroxylation is 2. The summed E-state index contributed by atoms with van der Waals surface area (Å²) < 4.78 is 5.66. The van der Waals surface area contributed by atoms with Crippen LogP contribution in [-0.4, -0.2) is 11.1 Å². The van der Waals surface area contributed by atoms with Crippen LogP contribution < -0.4 is 0 Å². The van der Waals surface area contributed by atoms with Crippen LogP contribution in [0.1, 0.15) is 42.6 Å². The first kappa shape index (κ1) is 12.3. The standard InChI is InChI=1S/C16H18O3/c1-10-11(2)19-14-6-5-12(9-13(10)14)16(15(17)18)7-3-4-8-16/h5-6,9H,3-4,7-8H2,1-2H3,(H,17,18). The van der Waals surface area contributed by atoms with Crippen LogP contribution in [0, 0.1) is 13.8 Å². The average molecular weight is 258 g/mol. The second-order valence-electron chi connectivity index (χ2n) is 5.59. The Morgan fingerprint density at radius 2 is 1.95 bits per heavy atom. The number of hydrogen-bond donors (Lipinski definition) is 1. The molecule has 3 heteroatoms. The molecule has 0 aliphatic heterocycles. The fourth-order valence-corrected chi connectivity index (χ4v) is 3.25. The molecule has 1 fully saturated rings. The van der Waals surface area contributed by atoms with Crippen molar-refractivity contribution in [2.75, 3.05) is 0 Å². The molecule has 3 nitrogen and oxygen atoms in total. The smallest absolute Gasteiger partial charge is 0.314 e. The minimum absolute atomic E-state index is 0.689. The fourth-order valence-electron chi connectivity index (χ4n) is 3.25. The highest BCUT2D eigenvalue weighted by atomic mass is 16.4. The van der Waals surface area contributed by atoms with E-state index in [9.17, 15) is 9.90 Å². The molecular formula is C16H18O3. The summed E-state index contributed by atoms with van der Waals surface area (Å²) >= 11 is 0. The second kappa shape index (κ2) is 4.12. The van der Waals surface area contributed by atoms with Crippen LogP contribution in [0.2, 0.25) is 0 Å². The van der Waals surface area contributed by atoms with Crippen molar-refractivity contribution in [2.45, 2.75) is 44.9 Å². The molecule has 0 saturated heterocycles. The second-order valence-corrected chi connectivity index (χ2v) is 5.59. The maximum absolute atomic E-state index is 11.7. The number of hydrogen-bond acceptors (Lipinski definition) is 2. The van der Waals surface area contributed by atoms with E-state index in [0.717, 1.165) is 53.5 Å². The van der Waals surface area contributed by atoms with Gasteiger partial charge in [-0.15, -0.1) is 0 Å². The Kier molecular flexibility index (Phi) is 2.66. The molecule has 0 atom stereocenters. The first-order valence-electron chi connectivity index (χ1n) is 6.78. The zero-order valence-electron chi connectivity index (χ0n) is 11.3. The number of carboxylic acid groups (broad SMARTS) is 1. The Morgan fingerprint density at radius 3 is 2.58 bits per heavy atom. The van der Waals surface area contributed by atoms with Crippen molar-refractivity contribution >= 4 is 16.9 Å². The number of fused-ring (bicyclic) bond motifs is 1. The summed E-state index contributed by atoms with van der Waals surface area (Å²) in [5, 5.41) is 10.7. The molecule has 1 saturated carbocycles. The molecule has 0 amide bonds. The number of carbonyl (C=O) groups is 1. The van der Waals surface area contributed by atoms with Crippen LogP contribution in [0.4, 0.5) is 0 Å². The van der Waals surface area contributed by atoms with Gasteiger partial charge in [0.25, 0.3) is 0 Å². The van der Waals surface area contributed by atoms with Gasteiger partial charge in [-0.3, -0.25) is 4.79 Å². The molecule has 100 valence electrons. The first-order valence-corrected chi connectivity index (χ1v) is 6.78. The van der Waals surface area contributed by atoms with Crippen molar-refractivity contribution in [2.24, 2.45) is 0 Å². The topological polar surface area (TPSA) is 50.4 Å². The van der Waals surface area contributed by atoms with E-state index in [4.69, 9.17) is 4.42 Å². The van der Waals surface area contributed by atoms with Crippen molar-refractivity contribution in [3.8, 4) is 0 Å². The lowest BCUT2D eigenvalue weighted by atomic mass is 9.78. The van der Waals surface area contributed by atoms with E-state index < -0.39 is 11.4 Å². The van der Waals surface area contributed by atoms with Gasteiger partial charge in [-0.1, -0.05) is 18.9 Å². The van der Waals surface area contributed by atoms with Gasteiger partial charge in [0.15, 0.2) is 0 Å². The molecule has 1 heterocycles. The van der Waals surface area contributed by atoms with E-state index in [1.54, 1.807) is 0 Å². The van der Waals surface area contributed by atoms with Gasteiger partial charge in [-0.05, 0) is 49.9 Å². The van der Waals surface area contributed by atoms with E-state index >= 15 is 0 Å². The Labute approximate surface area is 112 Å². The quantitative estimate of drug-likeness (QED) is 0.887.